The third-order valence-electron chi connectivity index (χ3n) is 5.56. The molecule has 144 valence electrons. The predicted octanol–water partition coefficient (Wildman–Crippen LogP) is 4.38. The highest BCUT2D eigenvalue weighted by Gasteiger charge is 2.36. The van der Waals surface area contributed by atoms with Gasteiger partial charge in [0.1, 0.15) is 0 Å². The molecular formula is C21H34N2O2Si. The summed E-state index contributed by atoms with van der Waals surface area (Å²) in [5, 5.41) is 3.18. The fourth-order valence-electron chi connectivity index (χ4n) is 2.95. The minimum Gasteiger partial charge on any atom is -0.415 e. The first-order valence-electron chi connectivity index (χ1n) is 9.56. The van der Waals surface area contributed by atoms with Crippen LogP contribution in [0, 0.1) is 0 Å². The van der Waals surface area contributed by atoms with Crippen LogP contribution in [0.2, 0.25) is 18.1 Å². The molecular weight excluding hydrogens is 340 g/mol. The lowest BCUT2D eigenvalue weighted by molar-refractivity contribution is 0.0945. The Morgan fingerprint density at radius 1 is 1.38 bits per heavy atom. The second-order valence-electron chi connectivity index (χ2n) is 8.55. The Morgan fingerprint density at radius 3 is 2.77 bits per heavy atom. The predicted molar refractivity (Wildman–Crippen MR) is 113 cm³/mol. The average molecular weight is 375 g/mol. The van der Waals surface area contributed by atoms with Gasteiger partial charge in [-0.1, -0.05) is 26.8 Å². The lowest BCUT2D eigenvalue weighted by Crippen LogP contribution is -2.42. The number of nitrogens with zero attached hydrogens (tertiary/aromatic N) is 1. The topological polar surface area (TPSA) is 41.6 Å². The van der Waals surface area contributed by atoms with Crippen LogP contribution in [0.5, 0.6) is 0 Å². The molecule has 0 atom stereocenters. The van der Waals surface area contributed by atoms with Crippen molar-refractivity contribution < 1.29 is 9.22 Å². The molecule has 1 aliphatic heterocycles. The number of rotatable bonds is 7. The second kappa shape index (κ2) is 8.40. The highest BCUT2D eigenvalue weighted by Crippen LogP contribution is 2.36. The lowest BCUT2D eigenvalue weighted by Gasteiger charge is -2.36. The largest absolute Gasteiger partial charge is 0.415 e. The molecule has 1 aromatic carbocycles. The van der Waals surface area contributed by atoms with Gasteiger partial charge in [0, 0.05) is 30.9 Å². The number of hydrogen-bond acceptors (Lipinski definition) is 3. The fourth-order valence-corrected chi connectivity index (χ4v) is 4.00. The molecule has 0 spiro atoms. The van der Waals surface area contributed by atoms with Gasteiger partial charge in [0.25, 0.3) is 5.91 Å². The highest BCUT2D eigenvalue weighted by atomic mass is 28.4. The maximum Gasteiger partial charge on any atom is 0.251 e. The molecule has 1 amide bonds. The third-order valence-corrected chi connectivity index (χ3v) is 10.1. The minimum absolute atomic E-state index is 0.0209. The van der Waals surface area contributed by atoms with E-state index in [1.807, 2.05) is 18.2 Å². The number of carbonyl (C=O) groups is 1. The van der Waals surface area contributed by atoms with Crippen molar-refractivity contribution in [1.29, 1.82) is 0 Å². The Bertz CT molecular complexity index is 650. The van der Waals surface area contributed by atoms with E-state index in [4.69, 9.17) is 4.43 Å². The monoisotopic (exact) mass is 374 g/mol. The van der Waals surface area contributed by atoms with Crippen molar-refractivity contribution in [2.45, 2.75) is 51.7 Å². The van der Waals surface area contributed by atoms with Gasteiger partial charge in [0.2, 0.25) is 0 Å². The van der Waals surface area contributed by atoms with Crippen LogP contribution in [-0.4, -0.2) is 40.5 Å². The minimum atomic E-state index is -1.76. The third kappa shape index (κ3) is 4.98. The van der Waals surface area contributed by atoms with Crippen molar-refractivity contribution in [1.82, 2.24) is 5.32 Å². The number of benzene rings is 1. The Hall–Kier alpha value is -1.59. The van der Waals surface area contributed by atoms with Gasteiger partial charge >= 0.3 is 0 Å². The molecule has 0 saturated heterocycles. The molecule has 0 unspecified atom stereocenters. The molecule has 1 aliphatic rings. The second-order valence-corrected chi connectivity index (χ2v) is 13.4. The maximum atomic E-state index is 12.5. The van der Waals surface area contributed by atoms with Crippen molar-refractivity contribution in [2.24, 2.45) is 0 Å². The van der Waals surface area contributed by atoms with Gasteiger partial charge in [-0.2, -0.15) is 0 Å². The van der Waals surface area contributed by atoms with Crippen LogP contribution in [0.3, 0.4) is 0 Å². The SMILES string of the molecule is C=CCN1CCCc2cc(C(=O)NCCO[Si](C)(C)C(C)(C)C)ccc21. The zero-order valence-electron chi connectivity index (χ0n) is 17.0. The molecule has 5 heteroatoms. The van der Waals surface area contributed by atoms with E-state index in [-0.39, 0.29) is 10.9 Å². The number of aryl methyl sites for hydroxylation is 1. The number of carbonyl (C=O) groups excluding carboxylic acids is 1. The molecule has 2 rings (SSSR count). The fraction of sp³-hybridized carbons (Fsp3) is 0.571. The van der Waals surface area contributed by atoms with Crippen LogP contribution < -0.4 is 10.2 Å². The first-order valence-corrected chi connectivity index (χ1v) is 12.5. The van der Waals surface area contributed by atoms with Gasteiger partial charge in [0.15, 0.2) is 8.32 Å². The molecule has 4 nitrogen and oxygen atoms in total. The van der Waals surface area contributed by atoms with Crippen molar-refractivity contribution in [3.8, 4) is 0 Å². The van der Waals surface area contributed by atoms with Gasteiger partial charge in [-0.3, -0.25) is 4.79 Å². The number of nitrogens with one attached hydrogen (secondary N) is 1. The van der Waals surface area contributed by atoms with Gasteiger partial charge in [0.05, 0.1) is 6.61 Å². The van der Waals surface area contributed by atoms with E-state index in [0.29, 0.717) is 13.2 Å². The molecule has 1 aromatic rings. The van der Waals surface area contributed by atoms with Crippen LogP contribution in [0.1, 0.15) is 43.1 Å². The van der Waals surface area contributed by atoms with E-state index < -0.39 is 8.32 Å². The molecule has 0 bridgehead atoms. The van der Waals surface area contributed by atoms with Gasteiger partial charge in [-0.05, 0) is 54.7 Å². The van der Waals surface area contributed by atoms with Gasteiger partial charge in [-0.15, -0.1) is 6.58 Å². The van der Waals surface area contributed by atoms with E-state index in [0.717, 1.165) is 31.5 Å². The molecule has 1 N–H and O–H groups in total. The summed E-state index contributed by atoms with van der Waals surface area (Å²) in [6.07, 6.45) is 4.07. The van der Waals surface area contributed by atoms with Crippen molar-refractivity contribution in [3.63, 3.8) is 0 Å². The average Bonchev–Trinajstić information content (AvgIpc) is 2.57. The van der Waals surface area contributed by atoms with Gasteiger partial charge < -0.3 is 14.6 Å². The van der Waals surface area contributed by atoms with E-state index in [2.05, 4.69) is 56.7 Å². The zero-order valence-corrected chi connectivity index (χ0v) is 18.0. The summed E-state index contributed by atoms with van der Waals surface area (Å²) in [6, 6.07) is 6.03. The number of amides is 1. The summed E-state index contributed by atoms with van der Waals surface area (Å²) in [6.45, 7) is 18.0. The standard InChI is InChI=1S/C21H34N2O2Si/c1-7-13-23-14-8-9-17-16-18(10-11-19(17)23)20(24)22-12-15-25-26(5,6)21(2,3)4/h7,10-11,16H,1,8-9,12-15H2,2-6H3,(H,22,24). The van der Waals surface area contributed by atoms with E-state index in [1.54, 1.807) is 0 Å². The zero-order chi connectivity index (χ0) is 19.4. The molecule has 0 aliphatic carbocycles. The molecule has 0 fully saturated rings. The molecule has 1 heterocycles. The highest BCUT2D eigenvalue weighted by molar-refractivity contribution is 6.74. The Balaban J connectivity index is 1.91. The first-order chi connectivity index (χ1) is 12.2. The quantitative estimate of drug-likeness (QED) is 0.437. The smallest absolute Gasteiger partial charge is 0.251 e. The number of hydrogen-bond donors (Lipinski definition) is 1. The van der Waals surface area contributed by atoms with Crippen LogP contribution in [0.15, 0.2) is 30.9 Å². The van der Waals surface area contributed by atoms with Gasteiger partial charge in [-0.25, -0.2) is 0 Å². The summed E-state index contributed by atoms with van der Waals surface area (Å²) in [7, 11) is -1.76. The van der Waals surface area contributed by atoms with Crippen molar-refractivity contribution in [2.75, 3.05) is 31.1 Å². The number of fused-ring (bicyclic) bond motifs is 1. The van der Waals surface area contributed by atoms with Crippen LogP contribution in [0.25, 0.3) is 0 Å². The van der Waals surface area contributed by atoms with E-state index in [9.17, 15) is 4.79 Å². The van der Waals surface area contributed by atoms with E-state index in [1.165, 1.54) is 11.3 Å². The number of anilines is 1. The summed E-state index contributed by atoms with van der Waals surface area (Å²) in [5.41, 5.74) is 3.22. The van der Waals surface area contributed by atoms with Crippen LogP contribution >= 0.6 is 0 Å². The maximum absolute atomic E-state index is 12.5. The van der Waals surface area contributed by atoms with Crippen LogP contribution in [-0.2, 0) is 10.8 Å². The Labute approximate surface area is 159 Å². The molecule has 0 aromatic heterocycles. The first kappa shape index (κ1) is 20.7. The molecule has 26 heavy (non-hydrogen) atoms. The lowest BCUT2D eigenvalue weighted by atomic mass is 9.99. The Kier molecular flexibility index (Phi) is 6.69. The van der Waals surface area contributed by atoms with Crippen molar-refractivity contribution >= 4 is 19.9 Å². The summed E-state index contributed by atoms with van der Waals surface area (Å²) in [4.78, 5) is 14.8. The van der Waals surface area contributed by atoms with Crippen LogP contribution in [0.4, 0.5) is 5.69 Å². The summed E-state index contributed by atoms with van der Waals surface area (Å²) >= 11 is 0. The van der Waals surface area contributed by atoms with E-state index >= 15 is 0 Å². The Morgan fingerprint density at radius 2 is 2.12 bits per heavy atom. The summed E-state index contributed by atoms with van der Waals surface area (Å²) in [5.74, 6) is -0.0209. The molecule has 0 saturated carbocycles. The normalized spacial score (nSPS) is 14.7. The molecule has 0 radical (unpaired) electrons. The van der Waals surface area contributed by atoms with Crippen molar-refractivity contribution in [3.05, 3.63) is 42.0 Å². The summed E-state index contributed by atoms with van der Waals surface area (Å²) < 4.78 is 6.12.